The van der Waals surface area contributed by atoms with E-state index in [9.17, 15) is 4.79 Å². The molecule has 2 aromatic carbocycles. The number of halogens is 1. The lowest BCUT2D eigenvalue weighted by Crippen LogP contribution is -2.24. The van der Waals surface area contributed by atoms with Crippen molar-refractivity contribution in [2.75, 3.05) is 5.32 Å². The molecule has 0 unspecified atom stereocenters. The molecule has 0 aliphatic carbocycles. The Morgan fingerprint density at radius 1 is 1.14 bits per heavy atom. The molecule has 2 aromatic rings. The fourth-order valence-corrected chi connectivity index (χ4v) is 2.39. The first-order chi connectivity index (χ1) is 10.0. The van der Waals surface area contributed by atoms with Crippen molar-refractivity contribution in [2.24, 2.45) is 0 Å². The lowest BCUT2D eigenvalue weighted by molar-refractivity contribution is 0.255. The molecule has 108 valence electrons. The first-order valence-electron chi connectivity index (χ1n) is 6.61. The van der Waals surface area contributed by atoms with Gasteiger partial charge in [-0.05, 0) is 49.2 Å². The molecule has 0 fully saturated rings. The summed E-state index contributed by atoms with van der Waals surface area (Å²) in [6, 6.07) is 13.5. The van der Waals surface area contributed by atoms with Gasteiger partial charge in [-0.1, -0.05) is 45.8 Å². The minimum Gasteiger partial charge on any atom is -0.314 e. The Morgan fingerprint density at radius 3 is 2.67 bits per heavy atom. The van der Waals surface area contributed by atoms with Crippen molar-refractivity contribution < 1.29 is 4.79 Å². The molecular formula is C17H17BrN2O. The van der Waals surface area contributed by atoms with E-state index in [0.717, 1.165) is 21.3 Å². The number of amides is 2. The molecular weight excluding hydrogens is 328 g/mol. The van der Waals surface area contributed by atoms with Gasteiger partial charge in [0.1, 0.15) is 0 Å². The summed E-state index contributed by atoms with van der Waals surface area (Å²) in [4.78, 5) is 11.8. The highest BCUT2D eigenvalue weighted by Gasteiger charge is 2.02. The Morgan fingerprint density at radius 2 is 1.95 bits per heavy atom. The molecule has 0 bridgehead atoms. The smallest absolute Gasteiger partial charge is 0.314 e. The molecule has 2 amide bonds. The predicted molar refractivity (Wildman–Crippen MR) is 91.2 cm³/mol. The number of urea groups is 1. The van der Waals surface area contributed by atoms with Gasteiger partial charge >= 0.3 is 6.03 Å². The van der Waals surface area contributed by atoms with Crippen LogP contribution in [0.1, 0.15) is 16.7 Å². The highest BCUT2D eigenvalue weighted by molar-refractivity contribution is 9.10. The highest BCUT2D eigenvalue weighted by Crippen LogP contribution is 2.19. The maximum atomic E-state index is 11.8. The van der Waals surface area contributed by atoms with Crippen LogP contribution in [0.3, 0.4) is 0 Å². The average molecular weight is 345 g/mol. The van der Waals surface area contributed by atoms with Crippen molar-refractivity contribution in [2.45, 2.75) is 13.8 Å². The van der Waals surface area contributed by atoms with Gasteiger partial charge in [0, 0.05) is 16.4 Å². The second-order valence-electron chi connectivity index (χ2n) is 4.81. The van der Waals surface area contributed by atoms with E-state index in [2.05, 4.69) is 32.6 Å². The second-order valence-corrected chi connectivity index (χ2v) is 5.72. The van der Waals surface area contributed by atoms with Crippen LogP contribution in [0.4, 0.5) is 10.5 Å². The summed E-state index contributed by atoms with van der Waals surface area (Å²) in [5.74, 6) is 0. The van der Waals surface area contributed by atoms with E-state index in [0.29, 0.717) is 0 Å². The largest absolute Gasteiger partial charge is 0.323 e. The normalized spacial score (nSPS) is 10.6. The Balaban J connectivity index is 1.93. The third-order valence-electron chi connectivity index (χ3n) is 2.97. The van der Waals surface area contributed by atoms with Crippen LogP contribution in [-0.4, -0.2) is 6.03 Å². The van der Waals surface area contributed by atoms with Gasteiger partial charge in [0.15, 0.2) is 0 Å². The molecule has 3 nitrogen and oxygen atoms in total. The zero-order chi connectivity index (χ0) is 15.2. The number of carbonyl (C=O) groups is 1. The number of nitrogens with one attached hydrogen (secondary N) is 2. The van der Waals surface area contributed by atoms with E-state index in [-0.39, 0.29) is 6.03 Å². The zero-order valence-electron chi connectivity index (χ0n) is 12.0. The van der Waals surface area contributed by atoms with E-state index >= 15 is 0 Å². The summed E-state index contributed by atoms with van der Waals surface area (Å²) >= 11 is 3.40. The summed E-state index contributed by atoms with van der Waals surface area (Å²) in [5, 5.41) is 5.51. The summed E-state index contributed by atoms with van der Waals surface area (Å²) in [6.45, 7) is 3.98. The quantitative estimate of drug-likeness (QED) is 0.820. The van der Waals surface area contributed by atoms with Gasteiger partial charge in [0.2, 0.25) is 0 Å². The minimum absolute atomic E-state index is 0.260. The van der Waals surface area contributed by atoms with E-state index in [4.69, 9.17) is 0 Å². The second kappa shape index (κ2) is 7.09. The lowest BCUT2D eigenvalue weighted by atomic mass is 10.1. The van der Waals surface area contributed by atoms with Gasteiger partial charge in [0.25, 0.3) is 0 Å². The molecule has 0 aliphatic heterocycles. The fourth-order valence-electron chi connectivity index (χ4n) is 1.91. The van der Waals surface area contributed by atoms with Crippen LogP contribution in [-0.2, 0) is 0 Å². The van der Waals surface area contributed by atoms with E-state index in [1.807, 2.05) is 56.3 Å². The molecule has 2 N–H and O–H groups in total. The van der Waals surface area contributed by atoms with Crippen molar-refractivity contribution in [3.63, 3.8) is 0 Å². The van der Waals surface area contributed by atoms with Gasteiger partial charge in [-0.2, -0.15) is 0 Å². The SMILES string of the molecule is Cc1cccc(/C=C/NC(=O)Nc2ccc(Br)cc2C)c1. The van der Waals surface area contributed by atoms with Crippen molar-refractivity contribution in [3.05, 3.63) is 69.8 Å². The number of hydrogen-bond donors (Lipinski definition) is 2. The Kier molecular flexibility index (Phi) is 5.17. The summed E-state index contributed by atoms with van der Waals surface area (Å²) in [5.41, 5.74) is 4.03. The van der Waals surface area contributed by atoms with E-state index in [1.54, 1.807) is 6.20 Å². The first-order valence-corrected chi connectivity index (χ1v) is 7.41. The number of aryl methyl sites for hydroxylation is 2. The molecule has 0 spiro atoms. The van der Waals surface area contributed by atoms with Crippen LogP contribution >= 0.6 is 15.9 Å². The van der Waals surface area contributed by atoms with Gasteiger partial charge in [-0.25, -0.2) is 4.79 Å². The molecule has 0 saturated carbocycles. The van der Waals surface area contributed by atoms with Crippen LogP contribution in [0.2, 0.25) is 0 Å². The number of anilines is 1. The summed E-state index contributed by atoms with van der Waals surface area (Å²) < 4.78 is 0.991. The van der Waals surface area contributed by atoms with Crippen molar-refractivity contribution in [1.29, 1.82) is 0 Å². The van der Waals surface area contributed by atoms with Gasteiger partial charge in [-0.15, -0.1) is 0 Å². The standard InChI is InChI=1S/C17H17BrN2O/c1-12-4-3-5-14(10-12)8-9-19-17(21)20-16-7-6-15(18)11-13(16)2/h3-11H,1-2H3,(H2,19,20,21)/b9-8+. The Bertz CT molecular complexity index is 680. The lowest BCUT2D eigenvalue weighted by Gasteiger charge is -2.08. The first kappa shape index (κ1) is 15.3. The van der Waals surface area contributed by atoms with E-state index in [1.165, 1.54) is 5.56 Å². The van der Waals surface area contributed by atoms with Crippen LogP contribution in [0.15, 0.2) is 53.1 Å². The summed E-state index contributed by atoms with van der Waals surface area (Å²) in [6.07, 6.45) is 3.50. The predicted octanol–water partition coefficient (Wildman–Crippen LogP) is 4.86. The van der Waals surface area contributed by atoms with Crippen LogP contribution < -0.4 is 10.6 Å². The zero-order valence-corrected chi connectivity index (χ0v) is 13.6. The van der Waals surface area contributed by atoms with Crippen molar-refractivity contribution in [1.82, 2.24) is 5.32 Å². The maximum absolute atomic E-state index is 11.8. The van der Waals surface area contributed by atoms with Crippen LogP contribution in [0.5, 0.6) is 0 Å². The molecule has 0 saturated heterocycles. The minimum atomic E-state index is -0.260. The monoisotopic (exact) mass is 344 g/mol. The van der Waals surface area contributed by atoms with Crippen molar-refractivity contribution in [3.8, 4) is 0 Å². The topological polar surface area (TPSA) is 41.1 Å². The van der Waals surface area contributed by atoms with Crippen LogP contribution in [0, 0.1) is 13.8 Å². The van der Waals surface area contributed by atoms with E-state index < -0.39 is 0 Å². The van der Waals surface area contributed by atoms with Crippen molar-refractivity contribution >= 4 is 33.7 Å². The molecule has 2 rings (SSSR count). The molecule has 21 heavy (non-hydrogen) atoms. The highest BCUT2D eigenvalue weighted by atomic mass is 79.9. The average Bonchev–Trinajstić information content (AvgIpc) is 2.42. The molecule has 4 heteroatoms. The molecule has 0 aliphatic rings. The Hall–Kier alpha value is -2.07. The molecule has 0 radical (unpaired) electrons. The number of carbonyl (C=O) groups excluding carboxylic acids is 1. The third kappa shape index (κ3) is 4.76. The molecule has 0 atom stereocenters. The number of hydrogen-bond acceptors (Lipinski definition) is 1. The van der Waals surface area contributed by atoms with Gasteiger partial charge in [0.05, 0.1) is 0 Å². The van der Waals surface area contributed by atoms with Gasteiger partial charge < -0.3 is 10.6 Å². The molecule has 0 heterocycles. The third-order valence-corrected chi connectivity index (χ3v) is 3.46. The van der Waals surface area contributed by atoms with Gasteiger partial charge in [-0.3, -0.25) is 0 Å². The maximum Gasteiger partial charge on any atom is 0.323 e. The summed E-state index contributed by atoms with van der Waals surface area (Å²) in [7, 11) is 0. The Labute approximate surface area is 133 Å². The number of rotatable bonds is 3. The van der Waals surface area contributed by atoms with Crippen LogP contribution in [0.25, 0.3) is 6.08 Å². The fraction of sp³-hybridized carbons (Fsp3) is 0.118. The number of benzene rings is 2. The molecule has 0 aromatic heterocycles.